The molecule has 0 fully saturated rings. The molecule has 4 aromatic carbocycles. The van der Waals surface area contributed by atoms with Gasteiger partial charge in [0.2, 0.25) is 0 Å². The van der Waals surface area contributed by atoms with Crippen LogP contribution in [0.5, 0.6) is 34.5 Å². The van der Waals surface area contributed by atoms with Crippen LogP contribution in [0.4, 0.5) is 0 Å². The van der Waals surface area contributed by atoms with Crippen LogP contribution in [0.15, 0.2) is 97.1 Å². The third-order valence-corrected chi connectivity index (χ3v) is 11.9. The molecule has 0 unspecified atom stereocenters. The van der Waals surface area contributed by atoms with Crippen molar-refractivity contribution < 1.29 is 27.2 Å². The summed E-state index contributed by atoms with van der Waals surface area (Å²) in [5.41, 5.74) is 1.92. The first-order chi connectivity index (χ1) is 19.6. The molecule has 41 heavy (non-hydrogen) atoms. The molecule has 7 aliphatic rings. The number of rotatable bonds is 0. The lowest BCUT2D eigenvalue weighted by molar-refractivity contribution is 0.0979. The molecule has 0 N–H and O–H groups in total. The molecular formula is C33H36O6Si2. The van der Waals surface area contributed by atoms with Crippen LogP contribution in [-0.2, 0) is 10.5 Å². The lowest BCUT2D eigenvalue weighted by Crippen LogP contribution is -2.52. The summed E-state index contributed by atoms with van der Waals surface area (Å²) < 4.78 is 31.1. The number of benzene rings is 4. The molecule has 0 saturated heterocycles. The van der Waals surface area contributed by atoms with Gasteiger partial charge in [0.15, 0.2) is 5.78 Å². The van der Waals surface area contributed by atoms with Crippen LogP contribution in [0, 0.1) is 0 Å². The molecule has 4 aromatic rings. The Morgan fingerprint density at radius 2 is 0.854 bits per heavy atom. The van der Waals surface area contributed by atoms with Crippen molar-refractivity contribution in [3.8, 4) is 34.5 Å². The lowest BCUT2D eigenvalue weighted by atomic mass is 10.0. The van der Waals surface area contributed by atoms with Crippen LogP contribution in [0.1, 0.15) is 35.2 Å². The van der Waals surface area contributed by atoms with Crippen molar-refractivity contribution in [2.24, 2.45) is 0 Å². The molecule has 0 amide bonds. The third kappa shape index (κ3) is 8.32. The Hall–Kier alpha value is -3.86. The number of carbonyl (C=O) groups excluding carboxylic acids is 1. The van der Waals surface area contributed by atoms with Gasteiger partial charge in [0.1, 0.15) is 34.5 Å². The lowest BCUT2D eigenvalue weighted by Gasteiger charge is -2.33. The van der Waals surface area contributed by atoms with Gasteiger partial charge in [0.05, 0.1) is 0 Å². The van der Waals surface area contributed by atoms with Gasteiger partial charge in [0.25, 0.3) is 0 Å². The normalized spacial score (nSPS) is 17.0. The number of carbonyl (C=O) groups is 1. The van der Waals surface area contributed by atoms with Crippen molar-refractivity contribution in [3.63, 3.8) is 0 Å². The average molecular weight is 585 g/mol. The topological polar surface area (TPSA) is 63.2 Å². The van der Waals surface area contributed by atoms with Crippen LogP contribution in [0.25, 0.3) is 0 Å². The monoisotopic (exact) mass is 584 g/mol. The highest BCUT2D eigenvalue weighted by atomic mass is 28.5. The van der Waals surface area contributed by atoms with E-state index in [0.29, 0.717) is 29.2 Å². The number of ketones is 1. The first-order valence-electron chi connectivity index (χ1n) is 14.0. The fourth-order valence-corrected chi connectivity index (χ4v) is 11.3. The van der Waals surface area contributed by atoms with Gasteiger partial charge in [-0.05, 0) is 136 Å². The smallest absolute Gasteiger partial charge is 0.384 e. The van der Waals surface area contributed by atoms with E-state index in [4.69, 9.17) is 22.4 Å². The minimum Gasteiger partial charge on any atom is -0.521 e. The first-order valence-corrected chi connectivity index (χ1v) is 19.6. The zero-order valence-corrected chi connectivity index (χ0v) is 26.0. The van der Waals surface area contributed by atoms with Gasteiger partial charge >= 0.3 is 17.1 Å². The Bertz CT molecular complexity index is 1450. The summed E-state index contributed by atoms with van der Waals surface area (Å²) >= 11 is 0. The maximum absolute atomic E-state index is 12.7. The predicted molar refractivity (Wildman–Crippen MR) is 165 cm³/mol. The third-order valence-electron chi connectivity index (χ3n) is 6.56. The Kier molecular flexibility index (Phi) is 8.63. The Labute approximate surface area is 244 Å². The van der Waals surface area contributed by atoms with Gasteiger partial charge in [-0.1, -0.05) is 12.1 Å². The van der Waals surface area contributed by atoms with Gasteiger partial charge in [-0.15, -0.1) is 0 Å². The summed E-state index contributed by atoms with van der Waals surface area (Å²) in [4.78, 5) is 12.7. The van der Waals surface area contributed by atoms with E-state index in [0.717, 1.165) is 36.5 Å². The number of hydrogen-bond acceptors (Lipinski definition) is 6. The summed E-state index contributed by atoms with van der Waals surface area (Å²) in [6.45, 7) is 8.07. The SMILES string of the molecule is C[Si]1(C)Oc2ccc(cc2)Oc2ccc(cc2)CCCCC(=O)c2ccc(cc2)Oc2ccc(cc2)O[Si](C)(C)O1. The molecule has 7 heterocycles. The fourth-order valence-electron chi connectivity index (χ4n) is 4.82. The van der Waals surface area contributed by atoms with Gasteiger partial charge in [-0.3, -0.25) is 4.79 Å². The van der Waals surface area contributed by atoms with E-state index in [1.165, 1.54) is 5.56 Å². The zero-order chi connectivity index (χ0) is 28.9. The molecular weight excluding hydrogens is 549 g/mol. The van der Waals surface area contributed by atoms with Crippen LogP contribution in [0.3, 0.4) is 0 Å². The Balaban J connectivity index is 1.34. The highest BCUT2D eigenvalue weighted by molar-refractivity contribution is 6.79. The van der Waals surface area contributed by atoms with Crippen molar-refractivity contribution in [1.82, 2.24) is 0 Å². The summed E-state index contributed by atoms with van der Waals surface area (Å²) in [7, 11) is -5.13. The highest BCUT2D eigenvalue weighted by Crippen LogP contribution is 2.29. The number of ether oxygens (including phenoxy) is 2. The molecule has 6 nitrogen and oxygen atoms in total. The van der Waals surface area contributed by atoms with E-state index in [2.05, 4.69) is 12.1 Å². The molecule has 8 heteroatoms. The minimum atomic E-state index is -2.57. The van der Waals surface area contributed by atoms with E-state index < -0.39 is 17.1 Å². The molecule has 212 valence electrons. The van der Waals surface area contributed by atoms with Crippen LogP contribution < -0.4 is 18.3 Å². The highest BCUT2D eigenvalue weighted by Gasteiger charge is 2.39. The van der Waals surface area contributed by atoms with Crippen LogP contribution in [-0.4, -0.2) is 22.9 Å². The van der Waals surface area contributed by atoms with E-state index in [-0.39, 0.29) is 5.78 Å². The maximum Gasteiger partial charge on any atom is 0.384 e. The maximum atomic E-state index is 12.7. The predicted octanol–water partition coefficient (Wildman–Crippen LogP) is 9.06. The second-order valence-corrected chi connectivity index (χ2v) is 17.9. The fraction of sp³-hybridized carbons (Fsp3) is 0.242. The molecule has 0 spiro atoms. The Morgan fingerprint density at radius 3 is 1.32 bits per heavy atom. The van der Waals surface area contributed by atoms with Crippen molar-refractivity contribution in [2.75, 3.05) is 0 Å². The van der Waals surface area contributed by atoms with Crippen molar-refractivity contribution in [2.45, 2.75) is 51.9 Å². The largest absolute Gasteiger partial charge is 0.521 e. The number of aryl methyl sites for hydroxylation is 1. The molecule has 8 bridgehead atoms. The van der Waals surface area contributed by atoms with Crippen molar-refractivity contribution >= 4 is 22.9 Å². The van der Waals surface area contributed by atoms with E-state index >= 15 is 0 Å². The van der Waals surface area contributed by atoms with Crippen molar-refractivity contribution in [3.05, 3.63) is 108 Å². The van der Waals surface area contributed by atoms with Gasteiger partial charge in [0, 0.05) is 12.0 Å². The summed E-state index contributed by atoms with van der Waals surface area (Å²) in [6, 6.07) is 30.5. The van der Waals surface area contributed by atoms with Gasteiger partial charge in [-0.2, -0.15) is 0 Å². The summed E-state index contributed by atoms with van der Waals surface area (Å²) in [5.74, 6) is 4.45. The summed E-state index contributed by atoms with van der Waals surface area (Å²) in [5, 5.41) is 0. The molecule has 0 aromatic heterocycles. The molecule has 0 atom stereocenters. The molecule has 0 aliphatic carbocycles. The van der Waals surface area contributed by atoms with E-state index in [1.807, 2.05) is 111 Å². The van der Waals surface area contributed by atoms with E-state index in [9.17, 15) is 4.79 Å². The number of hydrogen-bond donors (Lipinski definition) is 0. The van der Waals surface area contributed by atoms with Gasteiger partial charge in [-0.25, -0.2) is 0 Å². The molecule has 0 radical (unpaired) electrons. The van der Waals surface area contributed by atoms with Crippen molar-refractivity contribution in [1.29, 1.82) is 0 Å². The first kappa shape index (κ1) is 28.7. The Morgan fingerprint density at radius 1 is 0.488 bits per heavy atom. The molecule has 7 aliphatic heterocycles. The second-order valence-electron chi connectivity index (χ2n) is 11.1. The minimum absolute atomic E-state index is 0.145. The van der Waals surface area contributed by atoms with Crippen LogP contribution >= 0.6 is 0 Å². The molecule has 11 rings (SSSR count). The quantitative estimate of drug-likeness (QED) is 0.192. The zero-order valence-electron chi connectivity index (χ0n) is 24.0. The molecule has 0 saturated carbocycles. The average Bonchev–Trinajstić information content (AvgIpc) is 2.93. The second kappa shape index (κ2) is 12.3. The standard InChI is InChI=1S/C33H36O6Si2/c1-40(2)37-31-21-17-29(18-22-31)35-27-13-9-25(10-14-27)7-5-6-8-33(34)26-11-15-28(16-12-26)36-30-19-23-32(24-20-30)38-41(3,4)39-40/h9-24H,5-8H2,1-4H3. The number of Topliss-reactive ketones (excluding diaryl/α,β-unsaturated/α-hetero) is 1. The van der Waals surface area contributed by atoms with E-state index in [1.54, 1.807) is 0 Å². The summed E-state index contributed by atoms with van der Waals surface area (Å²) in [6.07, 6.45) is 3.21. The van der Waals surface area contributed by atoms with Gasteiger partial charge < -0.3 is 22.4 Å². The van der Waals surface area contributed by atoms with Crippen LogP contribution in [0.2, 0.25) is 26.2 Å².